The molecule has 0 fully saturated rings. The number of sulfonamides is 1. The molecule has 7 heteroatoms. The highest BCUT2D eigenvalue weighted by atomic mass is 79.9. The molecule has 0 spiro atoms. The van der Waals surface area contributed by atoms with E-state index < -0.39 is 15.8 Å². The fourth-order valence-corrected chi connectivity index (χ4v) is 2.63. The molecule has 0 radical (unpaired) electrons. The fourth-order valence-electron chi connectivity index (χ4n) is 1.27. The van der Waals surface area contributed by atoms with Gasteiger partial charge in [-0.1, -0.05) is 13.8 Å². The summed E-state index contributed by atoms with van der Waals surface area (Å²) in [5.74, 6) is -0.459. The van der Waals surface area contributed by atoms with Crippen LogP contribution in [0.2, 0.25) is 0 Å². The van der Waals surface area contributed by atoms with Gasteiger partial charge in [0.2, 0.25) is 10.0 Å². The number of nitrogens with one attached hydrogen (secondary N) is 2. The van der Waals surface area contributed by atoms with Crippen molar-refractivity contribution in [2.75, 3.05) is 17.0 Å². The van der Waals surface area contributed by atoms with E-state index >= 15 is 0 Å². The highest BCUT2D eigenvalue weighted by molar-refractivity contribution is 9.10. The zero-order valence-corrected chi connectivity index (χ0v) is 12.6. The Hall–Kier alpha value is -0.660. The number of hydrogen-bond acceptors (Lipinski definition) is 3. The molecule has 0 aromatic heterocycles. The van der Waals surface area contributed by atoms with Gasteiger partial charge in [0.1, 0.15) is 5.82 Å². The topological polar surface area (TPSA) is 58.2 Å². The SMILES string of the molecule is CC(C)NCCS(=O)(=O)Nc1ccc(F)c(Br)c1. The maximum atomic E-state index is 13.0. The van der Waals surface area contributed by atoms with Crippen LogP contribution in [0, 0.1) is 5.82 Å². The quantitative estimate of drug-likeness (QED) is 0.836. The minimum Gasteiger partial charge on any atom is -0.313 e. The highest BCUT2D eigenvalue weighted by Gasteiger charge is 2.11. The molecule has 1 rings (SSSR count). The molecule has 0 bridgehead atoms. The smallest absolute Gasteiger partial charge is 0.233 e. The lowest BCUT2D eigenvalue weighted by atomic mass is 10.3. The predicted octanol–water partition coefficient (Wildman–Crippen LogP) is 2.33. The van der Waals surface area contributed by atoms with Crippen LogP contribution in [0.15, 0.2) is 22.7 Å². The number of halogens is 2. The minimum atomic E-state index is -3.42. The fraction of sp³-hybridized carbons (Fsp3) is 0.455. The van der Waals surface area contributed by atoms with E-state index in [1.807, 2.05) is 13.8 Å². The Balaban J connectivity index is 2.62. The molecule has 18 heavy (non-hydrogen) atoms. The average molecular weight is 339 g/mol. The van der Waals surface area contributed by atoms with Crippen molar-refractivity contribution in [3.63, 3.8) is 0 Å². The van der Waals surface area contributed by atoms with Gasteiger partial charge in [0.15, 0.2) is 0 Å². The molecule has 0 saturated carbocycles. The standard InChI is InChI=1S/C11H16BrFN2O2S/c1-8(2)14-5-6-18(16,17)15-9-3-4-11(13)10(12)7-9/h3-4,7-8,14-15H,5-6H2,1-2H3. The molecule has 1 aromatic carbocycles. The lowest BCUT2D eigenvalue weighted by molar-refractivity contribution is 0.581. The van der Waals surface area contributed by atoms with Crippen molar-refractivity contribution in [3.8, 4) is 0 Å². The van der Waals surface area contributed by atoms with E-state index in [2.05, 4.69) is 26.0 Å². The Morgan fingerprint density at radius 3 is 2.61 bits per heavy atom. The van der Waals surface area contributed by atoms with Crippen molar-refractivity contribution in [2.24, 2.45) is 0 Å². The summed E-state index contributed by atoms with van der Waals surface area (Å²) in [5, 5.41) is 3.02. The molecule has 0 aliphatic carbocycles. The van der Waals surface area contributed by atoms with E-state index in [0.717, 1.165) is 0 Å². The summed E-state index contributed by atoms with van der Waals surface area (Å²) in [6.07, 6.45) is 0. The highest BCUT2D eigenvalue weighted by Crippen LogP contribution is 2.20. The van der Waals surface area contributed by atoms with Crippen LogP contribution >= 0.6 is 15.9 Å². The van der Waals surface area contributed by atoms with Gasteiger partial charge < -0.3 is 5.32 Å². The van der Waals surface area contributed by atoms with Crippen LogP contribution < -0.4 is 10.0 Å². The lowest BCUT2D eigenvalue weighted by Gasteiger charge is -2.10. The first kappa shape index (κ1) is 15.4. The van der Waals surface area contributed by atoms with Crippen molar-refractivity contribution in [2.45, 2.75) is 19.9 Å². The third kappa shape index (κ3) is 5.32. The van der Waals surface area contributed by atoms with Crippen molar-refractivity contribution in [1.82, 2.24) is 5.32 Å². The number of benzene rings is 1. The molecule has 0 unspecified atom stereocenters. The van der Waals surface area contributed by atoms with E-state index in [4.69, 9.17) is 0 Å². The Morgan fingerprint density at radius 2 is 2.06 bits per heavy atom. The third-order valence-electron chi connectivity index (χ3n) is 2.12. The van der Waals surface area contributed by atoms with Crippen molar-refractivity contribution >= 4 is 31.6 Å². The van der Waals surface area contributed by atoms with Crippen molar-refractivity contribution in [3.05, 3.63) is 28.5 Å². The second-order valence-electron chi connectivity index (χ2n) is 4.16. The van der Waals surface area contributed by atoms with Crippen LogP contribution in [0.3, 0.4) is 0 Å². The van der Waals surface area contributed by atoms with Crippen molar-refractivity contribution in [1.29, 1.82) is 0 Å². The third-order valence-corrected chi connectivity index (χ3v) is 4.01. The Kier molecular flexibility index (Phi) is 5.55. The second kappa shape index (κ2) is 6.49. The summed E-state index contributed by atoms with van der Waals surface area (Å²) < 4.78 is 39.0. The molecule has 0 aliphatic rings. The monoisotopic (exact) mass is 338 g/mol. The summed E-state index contributed by atoms with van der Waals surface area (Å²) in [6.45, 7) is 4.25. The van der Waals surface area contributed by atoms with Gasteiger partial charge in [-0.25, -0.2) is 12.8 Å². The Bertz CT molecular complexity index is 506. The molecule has 0 saturated heterocycles. The largest absolute Gasteiger partial charge is 0.313 e. The van der Waals surface area contributed by atoms with Gasteiger partial charge in [-0.05, 0) is 34.1 Å². The molecule has 0 amide bonds. The summed E-state index contributed by atoms with van der Waals surface area (Å²) in [4.78, 5) is 0. The van der Waals surface area contributed by atoms with Gasteiger partial charge in [-0.3, -0.25) is 4.72 Å². The molecule has 0 aliphatic heterocycles. The van der Waals surface area contributed by atoms with E-state index in [1.54, 1.807) is 0 Å². The second-order valence-corrected chi connectivity index (χ2v) is 6.85. The van der Waals surface area contributed by atoms with Gasteiger partial charge in [0, 0.05) is 18.3 Å². The Morgan fingerprint density at radius 1 is 1.39 bits per heavy atom. The van der Waals surface area contributed by atoms with Crippen LogP contribution in [0.5, 0.6) is 0 Å². The maximum Gasteiger partial charge on any atom is 0.233 e. The van der Waals surface area contributed by atoms with Crippen LogP contribution in [-0.2, 0) is 10.0 Å². The number of anilines is 1. The van der Waals surface area contributed by atoms with Crippen LogP contribution in [0.4, 0.5) is 10.1 Å². The zero-order valence-electron chi connectivity index (χ0n) is 10.2. The Labute approximate surface area is 115 Å². The van der Waals surface area contributed by atoms with Gasteiger partial charge >= 0.3 is 0 Å². The number of rotatable bonds is 6. The summed E-state index contributed by atoms with van der Waals surface area (Å²) >= 11 is 3.00. The molecular weight excluding hydrogens is 323 g/mol. The van der Waals surface area contributed by atoms with E-state index in [0.29, 0.717) is 12.2 Å². The van der Waals surface area contributed by atoms with Gasteiger partial charge in [0.25, 0.3) is 0 Å². The first-order valence-corrected chi connectivity index (χ1v) is 7.93. The molecule has 0 atom stereocenters. The van der Waals surface area contributed by atoms with E-state index in [9.17, 15) is 12.8 Å². The molecule has 4 nitrogen and oxygen atoms in total. The molecule has 102 valence electrons. The molecule has 2 N–H and O–H groups in total. The molecule has 0 heterocycles. The van der Waals surface area contributed by atoms with Crippen LogP contribution in [-0.4, -0.2) is 26.8 Å². The summed E-state index contributed by atoms with van der Waals surface area (Å²) in [7, 11) is -3.42. The van der Waals surface area contributed by atoms with Gasteiger partial charge in [-0.15, -0.1) is 0 Å². The predicted molar refractivity (Wildman–Crippen MR) is 74.6 cm³/mol. The lowest BCUT2D eigenvalue weighted by Crippen LogP contribution is -2.30. The summed E-state index contributed by atoms with van der Waals surface area (Å²) in [5.41, 5.74) is 0.341. The molecule has 1 aromatic rings. The average Bonchev–Trinajstić information content (AvgIpc) is 2.22. The van der Waals surface area contributed by atoms with Crippen molar-refractivity contribution < 1.29 is 12.8 Å². The first-order valence-electron chi connectivity index (χ1n) is 5.49. The van der Waals surface area contributed by atoms with Crippen LogP contribution in [0.1, 0.15) is 13.8 Å². The van der Waals surface area contributed by atoms with E-state index in [-0.39, 0.29) is 16.3 Å². The van der Waals surface area contributed by atoms with Gasteiger partial charge in [0.05, 0.1) is 10.2 Å². The summed E-state index contributed by atoms with van der Waals surface area (Å²) in [6, 6.07) is 4.21. The van der Waals surface area contributed by atoms with Gasteiger partial charge in [-0.2, -0.15) is 0 Å². The normalized spacial score (nSPS) is 11.8. The number of hydrogen-bond donors (Lipinski definition) is 2. The van der Waals surface area contributed by atoms with E-state index in [1.165, 1.54) is 18.2 Å². The minimum absolute atomic E-state index is 0.0276. The molecular formula is C11H16BrFN2O2S. The zero-order chi connectivity index (χ0) is 13.8. The first-order chi connectivity index (χ1) is 8.30. The maximum absolute atomic E-state index is 13.0. The van der Waals surface area contributed by atoms with Crippen LogP contribution in [0.25, 0.3) is 0 Å².